The van der Waals surface area contributed by atoms with Gasteiger partial charge < -0.3 is 9.42 Å². The topological polar surface area (TPSA) is 46.3 Å². The molecule has 132 valence electrons. The van der Waals surface area contributed by atoms with Gasteiger partial charge in [-0.2, -0.15) is 0 Å². The smallest absolute Gasteiger partial charge is 0.257 e. The molecule has 0 spiro atoms. The van der Waals surface area contributed by atoms with Gasteiger partial charge >= 0.3 is 0 Å². The van der Waals surface area contributed by atoms with Gasteiger partial charge in [-0.15, -0.1) is 0 Å². The molecule has 0 aliphatic carbocycles. The SMILES string of the molecule is O=C(c1ccc(F)cc1F)N1CCc2c(noc2-c2ccc(Cl)cc2)C1. The lowest BCUT2D eigenvalue weighted by Gasteiger charge is -2.26. The van der Waals surface area contributed by atoms with E-state index in [0.29, 0.717) is 35.5 Å². The Kier molecular flexibility index (Phi) is 4.20. The zero-order chi connectivity index (χ0) is 18.3. The van der Waals surface area contributed by atoms with Crippen molar-refractivity contribution in [1.29, 1.82) is 0 Å². The van der Waals surface area contributed by atoms with Gasteiger partial charge in [0, 0.05) is 28.8 Å². The van der Waals surface area contributed by atoms with Crippen molar-refractivity contribution < 1.29 is 18.1 Å². The van der Waals surface area contributed by atoms with Gasteiger partial charge in [-0.25, -0.2) is 8.78 Å². The van der Waals surface area contributed by atoms with Gasteiger partial charge in [0.25, 0.3) is 5.91 Å². The summed E-state index contributed by atoms with van der Waals surface area (Å²) in [5.41, 5.74) is 2.26. The lowest BCUT2D eigenvalue weighted by atomic mass is 10.00. The second-order valence-electron chi connectivity index (χ2n) is 6.04. The Balaban J connectivity index is 1.59. The van der Waals surface area contributed by atoms with Crippen LogP contribution < -0.4 is 0 Å². The Hall–Kier alpha value is -2.73. The number of hydrogen-bond donors (Lipinski definition) is 0. The maximum atomic E-state index is 13.9. The van der Waals surface area contributed by atoms with E-state index in [1.54, 1.807) is 12.1 Å². The Morgan fingerprint density at radius 1 is 1.15 bits per heavy atom. The first-order valence-corrected chi connectivity index (χ1v) is 8.38. The Labute approximate surface area is 153 Å². The lowest BCUT2D eigenvalue weighted by molar-refractivity contribution is 0.0726. The average Bonchev–Trinajstić information content (AvgIpc) is 3.05. The number of aromatic nitrogens is 1. The summed E-state index contributed by atoms with van der Waals surface area (Å²) in [6.45, 7) is 0.604. The quantitative estimate of drug-likeness (QED) is 0.664. The molecule has 4 nitrogen and oxygen atoms in total. The molecule has 2 heterocycles. The molecule has 0 saturated heterocycles. The van der Waals surface area contributed by atoms with Crippen molar-refractivity contribution in [1.82, 2.24) is 10.1 Å². The number of carbonyl (C=O) groups excluding carboxylic acids is 1. The average molecular weight is 375 g/mol. The fraction of sp³-hybridized carbons (Fsp3) is 0.158. The largest absolute Gasteiger partial charge is 0.356 e. The summed E-state index contributed by atoms with van der Waals surface area (Å²) in [6.07, 6.45) is 0.533. The van der Waals surface area contributed by atoms with E-state index in [2.05, 4.69) is 5.16 Å². The number of carbonyl (C=O) groups is 1. The second kappa shape index (κ2) is 6.53. The zero-order valence-corrected chi connectivity index (χ0v) is 14.3. The fourth-order valence-electron chi connectivity index (χ4n) is 3.07. The van der Waals surface area contributed by atoms with Crippen molar-refractivity contribution in [3.05, 3.63) is 75.9 Å². The number of hydrogen-bond acceptors (Lipinski definition) is 3. The fourth-order valence-corrected chi connectivity index (χ4v) is 3.19. The van der Waals surface area contributed by atoms with Crippen molar-refractivity contribution in [2.45, 2.75) is 13.0 Å². The van der Waals surface area contributed by atoms with Crippen LogP contribution in [0.3, 0.4) is 0 Å². The van der Waals surface area contributed by atoms with Crippen molar-refractivity contribution in [3.8, 4) is 11.3 Å². The molecular formula is C19H13ClF2N2O2. The van der Waals surface area contributed by atoms with Crippen LogP contribution in [0, 0.1) is 11.6 Å². The number of amides is 1. The summed E-state index contributed by atoms with van der Waals surface area (Å²) in [5.74, 6) is -1.44. The highest BCUT2D eigenvalue weighted by Gasteiger charge is 2.29. The number of halogens is 3. The minimum absolute atomic E-state index is 0.156. The molecule has 0 fully saturated rings. The third-order valence-corrected chi connectivity index (χ3v) is 4.65. The van der Waals surface area contributed by atoms with E-state index in [0.717, 1.165) is 23.3 Å². The highest BCUT2D eigenvalue weighted by atomic mass is 35.5. The van der Waals surface area contributed by atoms with Crippen LogP contribution in [0.4, 0.5) is 8.78 Å². The third-order valence-electron chi connectivity index (χ3n) is 4.40. The Morgan fingerprint density at radius 2 is 1.92 bits per heavy atom. The van der Waals surface area contributed by atoms with E-state index in [1.165, 1.54) is 4.90 Å². The molecule has 26 heavy (non-hydrogen) atoms. The highest BCUT2D eigenvalue weighted by molar-refractivity contribution is 6.30. The second-order valence-corrected chi connectivity index (χ2v) is 6.48. The number of nitrogens with zero attached hydrogens (tertiary/aromatic N) is 2. The maximum Gasteiger partial charge on any atom is 0.257 e. The van der Waals surface area contributed by atoms with Crippen molar-refractivity contribution in [2.24, 2.45) is 0 Å². The molecule has 2 aromatic carbocycles. The van der Waals surface area contributed by atoms with E-state index in [4.69, 9.17) is 16.1 Å². The van der Waals surface area contributed by atoms with Crippen LogP contribution in [0.25, 0.3) is 11.3 Å². The summed E-state index contributed by atoms with van der Waals surface area (Å²) >= 11 is 5.91. The molecule has 1 aliphatic heterocycles. The zero-order valence-electron chi connectivity index (χ0n) is 13.5. The molecule has 1 aliphatic rings. The van der Waals surface area contributed by atoms with Gasteiger partial charge in [-0.1, -0.05) is 16.8 Å². The molecule has 4 rings (SSSR count). The molecule has 0 radical (unpaired) electrons. The van der Waals surface area contributed by atoms with Gasteiger partial charge in [0.05, 0.1) is 12.1 Å². The first kappa shape index (κ1) is 16.7. The van der Waals surface area contributed by atoms with Crippen LogP contribution in [-0.4, -0.2) is 22.5 Å². The summed E-state index contributed by atoms with van der Waals surface area (Å²) in [4.78, 5) is 14.0. The Bertz CT molecular complexity index is 986. The van der Waals surface area contributed by atoms with Gasteiger partial charge in [0.2, 0.25) is 0 Å². The summed E-state index contributed by atoms with van der Waals surface area (Å²) in [5, 5.41) is 4.69. The van der Waals surface area contributed by atoms with Crippen LogP contribution in [0.1, 0.15) is 21.6 Å². The standard InChI is InChI=1S/C19H13ClF2N2O2/c20-12-3-1-11(2-4-12)18-15-7-8-24(10-17(15)23-26-18)19(25)14-6-5-13(21)9-16(14)22/h1-6,9H,7-8,10H2. The summed E-state index contributed by atoms with van der Waals surface area (Å²) in [6, 6.07) is 10.1. The van der Waals surface area contributed by atoms with Crippen LogP contribution in [0.2, 0.25) is 5.02 Å². The highest BCUT2D eigenvalue weighted by Crippen LogP contribution is 2.31. The van der Waals surface area contributed by atoms with Crippen LogP contribution in [0.5, 0.6) is 0 Å². The molecule has 0 N–H and O–H groups in total. The molecule has 1 aromatic heterocycles. The van der Waals surface area contributed by atoms with Gasteiger partial charge in [0.15, 0.2) is 5.76 Å². The van der Waals surface area contributed by atoms with Crippen molar-refractivity contribution >= 4 is 17.5 Å². The van der Waals surface area contributed by atoms with Gasteiger partial charge in [0.1, 0.15) is 17.3 Å². The first-order valence-electron chi connectivity index (χ1n) is 8.00. The van der Waals surface area contributed by atoms with Crippen LogP contribution in [0.15, 0.2) is 47.0 Å². The molecule has 1 amide bonds. The van der Waals surface area contributed by atoms with Crippen molar-refractivity contribution in [2.75, 3.05) is 6.54 Å². The molecule has 3 aromatic rings. The monoisotopic (exact) mass is 374 g/mol. The van der Waals surface area contributed by atoms with E-state index in [9.17, 15) is 13.6 Å². The number of benzene rings is 2. The predicted molar refractivity (Wildman–Crippen MR) is 91.8 cm³/mol. The number of fused-ring (bicyclic) bond motifs is 1. The molecular weight excluding hydrogens is 362 g/mol. The van der Waals surface area contributed by atoms with Crippen LogP contribution in [-0.2, 0) is 13.0 Å². The van der Waals surface area contributed by atoms with Crippen LogP contribution >= 0.6 is 11.6 Å². The van der Waals surface area contributed by atoms with Crippen molar-refractivity contribution in [3.63, 3.8) is 0 Å². The predicted octanol–water partition coefficient (Wildman–Crippen LogP) is 4.47. The van der Waals surface area contributed by atoms with E-state index >= 15 is 0 Å². The molecule has 0 atom stereocenters. The Morgan fingerprint density at radius 3 is 2.65 bits per heavy atom. The van der Waals surface area contributed by atoms with E-state index < -0.39 is 17.5 Å². The first-order chi connectivity index (χ1) is 12.5. The molecule has 0 saturated carbocycles. The maximum absolute atomic E-state index is 13.9. The summed E-state index contributed by atoms with van der Waals surface area (Å²) < 4.78 is 32.4. The van der Waals surface area contributed by atoms with Gasteiger partial charge in [-0.3, -0.25) is 4.79 Å². The lowest BCUT2D eigenvalue weighted by Crippen LogP contribution is -2.36. The normalized spacial score (nSPS) is 13.6. The number of rotatable bonds is 2. The molecule has 0 unspecified atom stereocenters. The van der Waals surface area contributed by atoms with E-state index in [-0.39, 0.29) is 12.1 Å². The summed E-state index contributed by atoms with van der Waals surface area (Å²) in [7, 11) is 0. The van der Waals surface area contributed by atoms with E-state index in [1.807, 2.05) is 12.1 Å². The minimum Gasteiger partial charge on any atom is -0.356 e. The van der Waals surface area contributed by atoms with Gasteiger partial charge in [-0.05, 0) is 42.8 Å². The molecule has 7 heteroatoms. The minimum atomic E-state index is -0.872. The molecule has 0 bridgehead atoms. The third kappa shape index (κ3) is 2.97.